The number of hydrogen-bond donors (Lipinski definition) is 2. The van der Waals surface area contributed by atoms with E-state index in [4.69, 9.17) is 16.0 Å². The fourth-order valence-corrected chi connectivity index (χ4v) is 2.94. The van der Waals surface area contributed by atoms with Crippen molar-refractivity contribution in [3.05, 3.63) is 81.4 Å². The average Bonchev–Trinajstić information content (AvgIpc) is 3.32. The van der Waals surface area contributed by atoms with Gasteiger partial charge in [0.1, 0.15) is 11.5 Å². The fourth-order valence-electron chi connectivity index (χ4n) is 2.81. The van der Waals surface area contributed by atoms with Crippen molar-refractivity contribution in [3.8, 4) is 17.4 Å². The Labute approximate surface area is 170 Å². The van der Waals surface area contributed by atoms with Crippen LogP contribution in [0.25, 0.3) is 17.4 Å². The molecule has 0 atom stereocenters. The van der Waals surface area contributed by atoms with E-state index in [1.807, 2.05) is 0 Å². The van der Waals surface area contributed by atoms with Gasteiger partial charge in [-0.3, -0.25) is 14.6 Å². The van der Waals surface area contributed by atoms with E-state index in [9.17, 15) is 9.59 Å². The van der Waals surface area contributed by atoms with Crippen molar-refractivity contribution < 1.29 is 9.21 Å². The number of anilines is 1. The molecule has 0 spiro atoms. The van der Waals surface area contributed by atoms with Gasteiger partial charge in [0.2, 0.25) is 11.9 Å². The van der Waals surface area contributed by atoms with Crippen LogP contribution in [0.4, 0.5) is 5.82 Å². The summed E-state index contributed by atoms with van der Waals surface area (Å²) in [5.41, 5.74) is 1.51. The number of aromatic nitrogens is 4. The van der Waals surface area contributed by atoms with E-state index in [1.54, 1.807) is 49.4 Å². The van der Waals surface area contributed by atoms with Crippen LogP contribution < -0.4 is 10.9 Å². The van der Waals surface area contributed by atoms with Gasteiger partial charge >= 0.3 is 0 Å². The number of halogens is 1. The highest BCUT2D eigenvalue weighted by atomic mass is 35.5. The number of amides is 1. The molecule has 0 aliphatic carbocycles. The smallest absolute Gasteiger partial charge is 0.252 e. The van der Waals surface area contributed by atoms with Crippen LogP contribution >= 0.6 is 11.6 Å². The maximum absolute atomic E-state index is 12.6. The third-order valence-electron chi connectivity index (χ3n) is 4.09. The fraction of sp³-hybridized carbons (Fsp3) is 0.100. The Morgan fingerprint density at radius 1 is 1.24 bits per heavy atom. The van der Waals surface area contributed by atoms with Gasteiger partial charge in [-0.1, -0.05) is 23.7 Å². The quantitative estimate of drug-likeness (QED) is 0.525. The van der Waals surface area contributed by atoms with Crippen molar-refractivity contribution in [3.63, 3.8) is 0 Å². The number of benzene rings is 1. The van der Waals surface area contributed by atoms with Gasteiger partial charge in [-0.25, -0.2) is 4.98 Å². The predicted molar refractivity (Wildman–Crippen MR) is 108 cm³/mol. The van der Waals surface area contributed by atoms with Gasteiger partial charge in [-0.05, 0) is 36.8 Å². The second-order valence-electron chi connectivity index (χ2n) is 6.37. The lowest BCUT2D eigenvalue weighted by molar-refractivity contribution is -0.115. The minimum Gasteiger partial charge on any atom is -0.463 e. The maximum atomic E-state index is 12.6. The summed E-state index contributed by atoms with van der Waals surface area (Å²) in [6, 6.07) is 13.5. The molecule has 1 amide bonds. The molecule has 4 aromatic rings. The Morgan fingerprint density at radius 3 is 2.72 bits per heavy atom. The Balaban J connectivity index is 1.68. The molecular formula is C20H16ClN5O3. The van der Waals surface area contributed by atoms with Crippen LogP contribution in [0.15, 0.2) is 64.0 Å². The third kappa shape index (κ3) is 4.27. The first kappa shape index (κ1) is 18.7. The third-order valence-corrected chi connectivity index (χ3v) is 4.34. The molecule has 9 heteroatoms. The maximum Gasteiger partial charge on any atom is 0.252 e. The van der Waals surface area contributed by atoms with E-state index >= 15 is 0 Å². The monoisotopic (exact) mass is 409 g/mol. The SMILES string of the molecule is Cc1cc(=O)[nH]c(-n2nc(-c3ccco3)cc2NC(=O)Cc2ccc(Cl)cc2)n1. The normalized spacial score (nSPS) is 10.8. The standard InChI is InChI=1S/C20H16ClN5O3/c1-12-9-18(27)24-20(22-12)26-17(11-15(25-26)16-3-2-8-29-16)23-19(28)10-13-4-6-14(21)7-5-13/h2-9,11H,10H2,1H3,(H,23,28)(H,22,24,27). The number of nitrogens with one attached hydrogen (secondary N) is 2. The molecule has 3 heterocycles. The van der Waals surface area contributed by atoms with Crippen LogP contribution in [-0.2, 0) is 11.2 Å². The average molecular weight is 410 g/mol. The van der Waals surface area contributed by atoms with Gasteiger partial charge < -0.3 is 9.73 Å². The Kier molecular flexibility index (Phi) is 5.01. The van der Waals surface area contributed by atoms with E-state index in [2.05, 4.69) is 20.4 Å². The second-order valence-corrected chi connectivity index (χ2v) is 6.80. The van der Waals surface area contributed by atoms with Crippen molar-refractivity contribution in [1.29, 1.82) is 0 Å². The zero-order valence-electron chi connectivity index (χ0n) is 15.3. The molecule has 1 aromatic carbocycles. The van der Waals surface area contributed by atoms with Crippen molar-refractivity contribution in [2.75, 3.05) is 5.32 Å². The number of furan rings is 1. The number of aromatic amines is 1. The van der Waals surface area contributed by atoms with Crippen molar-refractivity contribution in [2.45, 2.75) is 13.3 Å². The van der Waals surface area contributed by atoms with Crippen LogP contribution in [0, 0.1) is 6.92 Å². The summed E-state index contributed by atoms with van der Waals surface area (Å²) in [5, 5.41) is 7.85. The Bertz CT molecular complexity index is 1210. The van der Waals surface area contributed by atoms with E-state index in [1.165, 1.54) is 17.0 Å². The van der Waals surface area contributed by atoms with Crippen LogP contribution in [0.1, 0.15) is 11.3 Å². The van der Waals surface area contributed by atoms with E-state index in [0.29, 0.717) is 28.0 Å². The zero-order valence-corrected chi connectivity index (χ0v) is 16.1. The lowest BCUT2D eigenvalue weighted by Crippen LogP contribution is -2.20. The molecule has 2 N–H and O–H groups in total. The van der Waals surface area contributed by atoms with Crippen LogP contribution in [0.3, 0.4) is 0 Å². The number of carbonyl (C=O) groups is 1. The summed E-state index contributed by atoms with van der Waals surface area (Å²) in [5.74, 6) is 0.806. The topological polar surface area (TPSA) is 106 Å². The molecule has 4 rings (SSSR count). The van der Waals surface area contributed by atoms with Gasteiger partial charge in [-0.2, -0.15) is 9.78 Å². The zero-order chi connectivity index (χ0) is 20.4. The molecule has 3 aromatic heterocycles. The van der Waals surface area contributed by atoms with Crippen LogP contribution in [0.5, 0.6) is 0 Å². The van der Waals surface area contributed by atoms with Gasteiger partial charge in [0.25, 0.3) is 5.56 Å². The first-order chi connectivity index (χ1) is 14.0. The molecule has 0 unspecified atom stereocenters. The molecule has 0 fully saturated rings. The molecule has 29 heavy (non-hydrogen) atoms. The van der Waals surface area contributed by atoms with E-state index in [0.717, 1.165) is 5.56 Å². The number of H-pyrrole nitrogens is 1. The predicted octanol–water partition coefficient (Wildman–Crippen LogP) is 3.36. The second kappa shape index (κ2) is 7.76. The first-order valence-corrected chi connectivity index (χ1v) is 9.12. The lowest BCUT2D eigenvalue weighted by Gasteiger charge is -2.08. The molecular weight excluding hydrogens is 394 g/mol. The molecule has 0 bridgehead atoms. The highest BCUT2D eigenvalue weighted by Crippen LogP contribution is 2.24. The highest BCUT2D eigenvalue weighted by molar-refractivity contribution is 6.30. The molecule has 0 saturated heterocycles. The number of hydrogen-bond acceptors (Lipinski definition) is 5. The molecule has 0 aliphatic rings. The van der Waals surface area contributed by atoms with Gasteiger partial charge in [-0.15, -0.1) is 0 Å². The molecule has 8 nitrogen and oxygen atoms in total. The lowest BCUT2D eigenvalue weighted by atomic mass is 10.1. The molecule has 0 saturated carbocycles. The van der Waals surface area contributed by atoms with Crippen molar-refractivity contribution in [2.24, 2.45) is 0 Å². The molecule has 146 valence electrons. The number of nitrogens with zero attached hydrogens (tertiary/aromatic N) is 3. The van der Waals surface area contributed by atoms with Crippen molar-refractivity contribution >= 4 is 23.3 Å². The minimum absolute atomic E-state index is 0.149. The van der Waals surface area contributed by atoms with Crippen LogP contribution in [-0.4, -0.2) is 25.7 Å². The van der Waals surface area contributed by atoms with Crippen LogP contribution in [0.2, 0.25) is 5.02 Å². The summed E-state index contributed by atoms with van der Waals surface area (Å²) in [6.45, 7) is 1.70. The van der Waals surface area contributed by atoms with Gasteiger partial charge in [0.15, 0.2) is 5.76 Å². The summed E-state index contributed by atoms with van der Waals surface area (Å²) in [6.07, 6.45) is 1.68. The Hall–Kier alpha value is -3.65. The summed E-state index contributed by atoms with van der Waals surface area (Å²) in [7, 11) is 0. The van der Waals surface area contributed by atoms with Crippen molar-refractivity contribution in [1.82, 2.24) is 19.7 Å². The molecule has 0 radical (unpaired) electrons. The summed E-state index contributed by atoms with van der Waals surface area (Å²) < 4.78 is 6.76. The number of rotatable bonds is 5. The number of aryl methyl sites for hydroxylation is 1. The Morgan fingerprint density at radius 2 is 2.03 bits per heavy atom. The first-order valence-electron chi connectivity index (χ1n) is 8.74. The highest BCUT2D eigenvalue weighted by Gasteiger charge is 2.17. The van der Waals surface area contributed by atoms with Gasteiger partial charge in [0, 0.05) is 22.8 Å². The summed E-state index contributed by atoms with van der Waals surface area (Å²) in [4.78, 5) is 31.4. The van der Waals surface area contributed by atoms with Gasteiger partial charge in [0.05, 0.1) is 12.7 Å². The summed E-state index contributed by atoms with van der Waals surface area (Å²) >= 11 is 5.89. The minimum atomic E-state index is -0.319. The largest absolute Gasteiger partial charge is 0.463 e. The van der Waals surface area contributed by atoms with E-state index < -0.39 is 0 Å². The number of carbonyl (C=O) groups excluding carboxylic acids is 1. The molecule has 0 aliphatic heterocycles. The van der Waals surface area contributed by atoms with E-state index in [-0.39, 0.29) is 23.8 Å².